The van der Waals surface area contributed by atoms with E-state index in [4.69, 9.17) is 0 Å². The number of carbonyl (C=O) groups is 1. The molecular formula is C16H22N4O. The van der Waals surface area contributed by atoms with E-state index in [9.17, 15) is 4.79 Å². The van der Waals surface area contributed by atoms with Crippen molar-refractivity contribution in [2.24, 2.45) is 0 Å². The van der Waals surface area contributed by atoms with Crippen molar-refractivity contribution < 1.29 is 4.79 Å². The molecule has 0 unspecified atom stereocenters. The Labute approximate surface area is 124 Å². The van der Waals surface area contributed by atoms with Crippen LogP contribution in [0.25, 0.3) is 11.0 Å². The molecule has 1 aromatic heterocycles. The van der Waals surface area contributed by atoms with Gasteiger partial charge in [-0.1, -0.05) is 20.8 Å². The van der Waals surface area contributed by atoms with Gasteiger partial charge in [0, 0.05) is 17.1 Å². The number of imidazole rings is 1. The van der Waals surface area contributed by atoms with E-state index in [-0.39, 0.29) is 11.3 Å². The maximum absolute atomic E-state index is 11.8. The first-order valence-electron chi connectivity index (χ1n) is 7.45. The molecule has 1 saturated carbocycles. The lowest BCUT2D eigenvalue weighted by atomic mass is 9.96. The van der Waals surface area contributed by atoms with Gasteiger partial charge in [-0.2, -0.15) is 0 Å². The summed E-state index contributed by atoms with van der Waals surface area (Å²) in [6.45, 7) is 6.74. The third-order valence-corrected chi connectivity index (χ3v) is 3.60. The monoisotopic (exact) mass is 286 g/mol. The van der Waals surface area contributed by atoms with E-state index >= 15 is 0 Å². The molecule has 21 heavy (non-hydrogen) atoms. The highest BCUT2D eigenvalue weighted by Gasteiger charge is 2.21. The van der Waals surface area contributed by atoms with E-state index in [0.717, 1.165) is 22.5 Å². The number of fused-ring (bicyclic) bond motifs is 1. The van der Waals surface area contributed by atoms with E-state index in [0.29, 0.717) is 12.6 Å². The summed E-state index contributed by atoms with van der Waals surface area (Å²) < 4.78 is 0. The van der Waals surface area contributed by atoms with Crippen LogP contribution in [0.15, 0.2) is 18.2 Å². The number of carbonyl (C=O) groups excluding carboxylic acids is 1. The molecule has 1 amide bonds. The van der Waals surface area contributed by atoms with Crippen molar-refractivity contribution in [3.8, 4) is 0 Å². The van der Waals surface area contributed by atoms with Crippen molar-refractivity contribution >= 4 is 22.6 Å². The van der Waals surface area contributed by atoms with E-state index in [1.807, 2.05) is 18.2 Å². The summed E-state index contributed by atoms with van der Waals surface area (Å²) in [5, 5.41) is 6.12. The summed E-state index contributed by atoms with van der Waals surface area (Å²) in [4.78, 5) is 19.8. The van der Waals surface area contributed by atoms with E-state index in [1.54, 1.807) is 0 Å². The molecule has 0 saturated heterocycles. The molecule has 3 N–H and O–H groups in total. The number of nitrogens with one attached hydrogen (secondary N) is 3. The molecule has 0 radical (unpaired) electrons. The zero-order chi connectivity index (χ0) is 15.0. The first kappa shape index (κ1) is 14.1. The van der Waals surface area contributed by atoms with Crippen LogP contribution < -0.4 is 10.6 Å². The van der Waals surface area contributed by atoms with Crippen LogP contribution in [-0.4, -0.2) is 28.5 Å². The molecule has 1 heterocycles. The average molecular weight is 286 g/mol. The second-order valence-corrected chi connectivity index (χ2v) is 6.77. The average Bonchev–Trinajstić information content (AvgIpc) is 3.12. The zero-order valence-corrected chi connectivity index (χ0v) is 12.8. The van der Waals surface area contributed by atoms with Crippen LogP contribution in [0.1, 0.15) is 39.4 Å². The molecule has 1 aromatic carbocycles. The molecule has 0 bridgehead atoms. The van der Waals surface area contributed by atoms with Crippen LogP contribution in [0.4, 0.5) is 5.69 Å². The summed E-state index contributed by atoms with van der Waals surface area (Å²) in [6.07, 6.45) is 2.37. The number of H-pyrrole nitrogens is 1. The molecule has 3 rings (SSSR count). The number of benzene rings is 1. The van der Waals surface area contributed by atoms with Crippen LogP contribution >= 0.6 is 0 Å². The summed E-state index contributed by atoms with van der Waals surface area (Å²) in [5.74, 6) is 0.952. The number of anilines is 1. The van der Waals surface area contributed by atoms with E-state index < -0.39 is 0 Å². The molecule has 2 aromatic rings. The van der Waals surface area contributed by atoms with Crippen LogP contribution in [-0.2, 0) is 10.2 Å². The van der Waals surface area contributed by atoms with Crippen molar-refractivity contribution in [1.82, 2.24) is 15.3 Å². The topological polar surface area (TPSA) is 69.8 Å². The van der Waals surface area contributed by atoms with Crippen molar-refractivity contribution in [3.63, 3.8) is 0 Å². The predicted octanol–water partition coefficient (Wildman–Crippen LogP) is 2.55. The lowest BCUT2D eigenvalue weighted by Gasteiger charge is -2.13. The predicted molar refractivity (Wildman–Crippen MR) is 84.4 cm³/mol. The normalized spacial score (nSPS) is 15.4. The SMILES string of the molecule is CC(C)(C)c1nc2ccc(NC(=O)CNC3CC3)cc2[nH]1. The number of amides is 1. The van der Waals surface area contributed by atoms with Gasteiger partial charge in [0.25, 0.3) is 0 Å². The number of nitrogens with zero attached hydrogens (tertiary/aromatic N) is 1. The largest absolute Gasteiger partial charge is 0.341 e. The van der Waals surface area contributed by atoms with Gasteiger partial charge in [0.1, 0.15) is 5.82 Å². The molecule has 1 aliphatic carbocycles. The third-order valence-electron chi connectivity index (χ3n) is 3.60. The minimum absolute atomic E-state index is 0.00295. The Morgan fingerprint density at radius 2 is 2.14 bits per heavy atom. The molecule has 0 atom stereocenters. The van der Waals surface area contributed by atoms with Crippen LogP contribution in [0.3, 0.4) is 0 Å². The Morgan fingerprint density at radius 3 is 2.81 bits per heavy atom. The van der Waals surface area contributed by atoms with Crippen LogP contribution in [0.5, 0.6) is 0 Å². The summed E-state index contributed by atoms with van der Waals surface area (Å²) in [5.41, 5.74) is 2.66. The lowest BCUT2D eigenvalue weighted by molar-refractivity contribution is -0.115. The Balaban J connectivity index is 1.72. The first-order valence-corrected chi connectivity index (χ1v) is 7.45. The Morgan fingerprint density at radius 1 is 1.38 bits per heavy atom. The van der Waals surface area contributed by atoms with Gasteiger partial charge in [-0.15, -0.1) is 0 Å². The number of aromatic nitrogens is 2. The fourth-order valence-corrected chi connectivity index (χ4v) is 2.17. The van der Waals surface area contributed by atoms with Crippen LogP contribution in [0.2, 0.25) is 0 Å². The fraction of sp³-hybridized carbons (Fsp3) is 0.500. The summed E-state index contributed by atoms with van der Waals surface area (Å²) in [7, 11) is 0. The number of aromatic amines is 1. The van der Waals surface area contributed by atoms with Gasteiger partial charge in [-0.25, -0.2) is 4.98 Å². The van der Waals surface area contributed by atoms with Crippen molar-refractivity contribution in [2.45, 2.75) is 45.1 Å². The maximum Gasteiger partial charge on any atom is 0.238 e. The van der Waals surface area contributed by atoms with E-state index in [2.05, 4.69) is 41.4 Å². The summed E-state index contributed by atoms with van der Waals surface area (Å²) in [6, 6.07) is 6.31. The van der Waals surface area contributed by atoms with Gasteiger partial charge in [-0.3, -0.25) is 4.79 Å². The minimum atomic E-state index is -0.0172. The molecular weight excluding hydrogens is 264 g/mol. The molecule has 5 nitrogen and oxygen atoms in total. The Kier molecular flexibility index (Phi) is 3.45. The van der Waals surface area contributed by atoms with Gasteiger partial charge in [0.05, 0.1) is 17.6 Å². The molecule has 112 valence electrons. The first-order chi connectivity index (χ1) is 9.91. The van der Waals surface area contributed by atoms with Gasteiger partial charge < -0.3 is 15.6 Å². The highest BCUT2D eigenvalue weighted by molar-refractivity contribution is 5.94. The molecule has 1 fully saturated rings. The van der Waals surface area contributed by atoms with Crippen molar-refractivity contribution in [2.75, 3.05) is 11.9 Å². The van der Waals surface area contributed by atoms with Gasteiger partial charge in [0.2, 0.25) is 5.91 Å². The minimum Gasteiger partial charge on any atom is -0.341 e. The summed E-state index contributed by atoms with van der Waals surface area (Å²) >= 11 is 0. The van der Waals surface area contributed by atoms with Gasteiger partial charge in [-0.05, 0) is 31.0 Å². The van der Waals surface area contributed by atoms with E-state index in [1.165, 1.54) is 12.8 Å². The third kappa shape index (κ3) is 3.42. The standard InChI is InChI=1S/C16H22N4O/c1-16(2,3)15-19-12-7-6-11(8-13(12)20-15)18-14(21)9-17-10-4-5-10/h6-8,10,17H,4-5,9H2,1-3H3,(H,18,21)(H,19,20). The quantitative estimate of drug-likeness (QED) is 0.809. The number of hydrogen-bond acceptors (Lipinski definition) is 3. The second-order valence-electron chi connectivity index (χ2n) is 6.77. The Bertz CT molecular complexity index is 664. The zero-order valence-electron chi connectivity index (χ0n) is 12.8. The molecule has 0 aliphatic heterocycles. The molecule has 1 aliphatic rings. The molecule has 5 heteroatoms. The Hall–Kier alpha value is -1.88. The highest BCUT2D eigenvalue weighted by Crippen LogP contribution is 2.24. The smallest absolute Gasteiger partial charge is 0.238 e. The van der Waals surface area contributed by atoms with Gasteiger partial charge >= 0.3 is 0 Å². The number of hydrogen-bond donors (Lipinski definition) is 3. The number of rotatable bonds is 4. The fourth-order valence-electron chi connectivity index (χ4n) is 2.17. The maximum atomic E-state index is 11.8. The van der Waals surface area contributed by atoms with Crippen molar-refractivity contribution in [3.05, 3.63) is 24.0 Å². The highest BCUT2D eigenvalue weighted by atomic mass is 16.1. The molecule has 0 spiro atoms. The van der Waals surface area contributed by atoms with Crippen LogP contribution in [0, 0.1) is 0 Å². The second kappa shape index (κ2) is 5.15. The van der Waals surface area contributed by atoms with Crippen molar-refractivity contribution in [1.29, 1.82) is 0 Å². The van der Waals surface area contributed by atoms with Gasteiger partial charge in [0.15, 0.2) is 0 Å². The lowest BCUT2D eigenvalue weighted by Crippen LogP contribution is -2.29.